The molecular weight excluding hydrogens is 252 g/mol. The van der Waals surface area contributed by atoms with E-state index in [1.807, 2.05) is 0 Å². The summed E-state index contributed by atoms with van der Waals surface area (Å²) in [5, 5.41) is 6.25. The number of hydrogen-bond acceptors (Lipinski definition) is 5. The predicted molar refractivity (Wildman–Crippen MR) is 69.9 cm³/mol. The van der Waals surface area contributed by atoms with Crippen LogP contribution in [0.3, 0.4) is 0 Å². The molecule has 2 rings (SSSR count). The molecule has 18 heavy (non-hydrogen) atoms. The lowest BCUT2D eigenvalue weighted by Gasteiger charge is -2.29. The Morgan fingerprint density at radius 1 is 1.50 bits per heavy atom. The highest BCUT2D eigenvalue weighted by Crippen LogP contribution is 2.29. The molecule has 1 aromatic rings. The molecule has 0 saturated heterocycles. The minimum absolute atomic E-state index is 0.224. The summed E-state index contributed by atoms with van der Waals surface area (Å²) in [6, 6.07) is -0.231. The van der Waals surface area contributed by atoms with Crippen molar-refractivity contribution < 1.29 is 9.53 Å². The first-order chi connectivity index (χ1) is 8.63. The van der Waals surface area contributed by atoms with Gasteiger partial charge in [0, 0.05) is 18.6 Å². The van der Waals surface area contributed by atoms with Crippen LogP contribution in [0.5, 0.6) is 0 Å². The van der Waals surface area contributed by atoms with Crippen LogP contribution in [0.2, 0.25) is 0 Å². The Balaban J connectivity index is 1.93. The van der Waals surface area contributed by atoms with Crippen molar-refractivity contribution in [2.75, 3.05) is 19.0 Å². The monoisotopic (exact) mass is 270 g/mol. The average Bonchev–Trinajstić information content (AvgIpc) is 2.89. The third-order valence-corrected chi connectivity index (χ3v) is 3.83. The molecule has 0 aromatic carbocycles. The molecule has 2 N–H and O–H groups in total. The number of rotatable bonds is 4. The summed E-state index contributed by atoms with van der Waals surface area (Å²) < 4.78 is 9.23. The topological polar surface area (TPSA) is 76.1 Å². The van der Waals surface area contributed by atoms with E-state index in [1.54, 1.807) is 14.0 Å². The van der Waals surface area contributed by atoms with Gasteiger partial charge in [-0.1, -0.05) is 12.8 Å². The average molecular weight is 270 g/mol. The Morgan fingerprint density at radius 2 is 2.22 bits per heavy atom. The van der Waals surface area contributed by atoms with Crippen LogP contribution in [0.1, 0.15) is 31.5 Å². The van der Waals surface area contributed by atoms with Crippen molar-refractivity contribution in [3.8, 4) is 0 Å². The highest BCUT2D eigenvalue weighted by Gasteiger charge is 2.35. The number of aryl methyl sites for hydroxylation is 1. The second-order valence-electron chi connectivity index (χ2n) is 4.65. The number of carbonyl (C=O) groups excluding carboxylic acids is 1. The van der Waals surface area contributed by atoms with E-state index in [4.69, 9.17) is 4.74 Å². The van der Waals surface area contributed by atoms with Crippen LogP contribution >= 0.6 is 11.5 Å². The molecule has 0 spiro atoms. The zero-order valence-electron chi connectivity index (χ0n) is 10.7. The van der Waals surface area contributed by atoms with Gasteiger partial charge < -0.3 is 10.1 Å². The first-order valence-corrected chi connectivity index (χ1v) is 6.79. The zero-order chi connectivity index (χ0) is 13.0. The first-order valence-electron chi connectivity index (χ1n) is 6.02. The van der Waals surface area contributed by atoms with Gasteiger partial charge in [-0.25, -0.2) is 9.78 Å². The third-order valence-electron chi connectivity index (χ3n) is 3.11. The lowest BCUT2D eigenvalue weighted by atomic mass is 9.99. The summed E-state index contributed by atoms with van der Waals surface area (Å²) in [7, 11) is 1.66. The lowest BCUT2D eigenvalue weighted by molar-refractivity contribution is 0.117. The Labute approximate surface area is 110 Å². The number of ether oxygens (including phenoxy) is 1. The number of nitrogens with zero attached hydrogens (tertiary/aromatic N) is 2. The van der Waals surface area contributed by atoms with Gasteiger partial charge in [0.25, 0.3) is 0 Å². The van der Waals surface area contributed by atoms with Crippen LogP contribution in [0.4, 0.5) is 9.93 Å². The van der Waals surface area contributed by atoms with Gasteiger partial charge in [0.2, 0.25) is 5.13 Å². The van der Waals surface area contributed by atoms with E-state index < -0.39 is 0 Å². The summed E-state index contributed by atoms with van der Waals surface area (Å²) in [6.07, 6.45) is 4.18. The maximum atomic E-state index is 11.9. The van der Waals surface area contributed by atoms with Crippen molar-refractivity contribution in [1.29, 1.82) is 0 Å². The van der Waals surface area contributed by atoms with Gasteiger partial charge in [-0.3, -0.25) is 5.32 Å². The Hall–Kier alpha value is -1.21. The maximum Gasteiger partial charge on any atom is 0.321 e. The van der Waals surface area contributed by atoms with Crippen molar-refractivity contribution in [1.82, 2.24) is 14.7 Å². The molecular formula is C11H18N4O2S. The molecule has 1 aliphatic rings. The van der Waals surface area contributed by atoms with Crippen molar-refractivity contribution in [3.05, 3.63) is 5.82 Å². The number of amides is 2. The molecule has 100 valence electrons. The molecule has 1 saturated carbocycles. The van der Waals surface area contributed by atoms with E-state index in [1.165, 1.54) is 11.5 Å². The van der Waals surface area contributed by atoms with Gasteiger partial charge in [0.05, 0.1) is 12.1 Å². The van der Waals surface area contributed by atoms with Gasteiger partial charge in [0.15, 0.2) is 0 Å². The summed E-state index contributed by atoms with van der Waals surface area (Å²) in [6.45, 7) is 2.35. The van der Waals surface area contributed by atoms with Crippen molar-refractivity contribution in [3.63, 3.8) is 0 Å². The van der Waals surface area contributed by atoms with Gasteiger partial charge in [-0.2, -0.15) is 4.37 Å². The largest absolute Gasteiger partial charge is 0.382 e. The van der Waals surface area contributed by atoms with E-state index in [0.29, 0.717) is 17.6 Å². The number of aromatic nitrogens is 2. The molecule has 6 nitrogen and oxygen atoms in total. The molecule has 0 bridgehead atoms. The summed E-state index contributed by atoms with van der Waals surface area (Å²) in [4.78, 5) is 16.0. The fraction of sp³-hybridized carbons (Fsp3) is 0.727. The van der Waals surface area contributed by atoms with Gasteiger partial charge in [0.1, 0.15) is 5.82 Å². The molecule has 0 atom stereocenters. The number of urea groups is 1. The van der Waals surface area contributed by atoms with Crippen LogP contribution in [0.15, 0.2) is 0 Å². The Bertz CT molecular complexity index is 415. The van der Waals surface area contributed by atoms with E-state index in [0.717, 1.165) is 25.7 Å². The van der Waals surface area contributed by atoms with Gasteiger partial charge >= 0.3 is 6.03 Å². The molecule has 7 heteroatoms. The number of anilines is 1. The van der Waals surface area contributed by atoms with Crippen molar-refractivity contribution in [2.45, 2.75) is 38.1 Å². The van der Waals surface area contributed by atoms with Crippen LogP contribution in [0.25, 0.3) is 0 Å². The molecule has 1 aromatic heterocycles. The smallest absolute Gasteiger partial charge is 0.321 e. The van der Waals surface area contributed by atoms with Crippen LogP contribution in [-0.4, -0.2) is 34.6 Å². The Kier molecular flexibility index (Phi) is 4.13. The fourth-order valence-electron chi connectivity index (χ4n) is 2.35. The third kappa shape index (κ3) is 3.17. The quantitative estimate of drug-likeness (QED) is 0.876. The van der Waals surface area contributed by atoms with E-state index in [-0.39, 0.29) is 11.6 Å². The van der Waals surface area contributed by atoms with Crippen molar-refractivity contribution >= 4 is 22.7 Å². The highest BCUT2D eigenvalue weighted by molar-refractivity contribution is 7.09. The normalized spacial score (nSPS) is 17.7. The lowest BCUT2D eigenvalue weighted by Crippen LogP contribution is -2.51. The molecule has 1 aliphatic carbocycles. The molecule has 2 amide bonds. The maximum absolute atomic E-state index is 11.9. The minimum atomic E-state index is -0.231. The summed E-state index contributed by atoms with van der Waals surface area (Å²) in [5.41, 5.74) is -0.224. The number of methoxy groups -OCH3 is 1. The first kappa shape index (κ1) is 13.2. The fourth-order valence-corrected chi connectivity index (χ4v) is 2.92. The van der Waals surface area contributed by atoms with Crippen LogP contribution in [-0.2, 0) is 4.74 Å². The standard InChI is InChI=1S/C11H18N4O2S/c1-8-12-10(18-15-8)13-9(16)14-11(7-17-2)5-3-4-6-11/h3-7H2,1-2H3,(H2,12,13,14,15,16). The summed E-state index contributed by atoms with van der Waals surface area (Å²) >= 11 is 1.18. The van der Waals surface area contributed by atoms with Crippen LogP contribution in [0, 0.1) is 6.92 Å². The number of carbonyl (C=O) groups is 1. The summed E-state index contributed by atoms with van der Waals surface area (Å²) in [5.74, 6) is 0.669. The van der Waals surface area contributed by atoms with Gasteiger partial charge in [-0.15, -0.1) is 0 Å². The second-order valence-corrected chi connectivity index (χ2v) is 5.40. The van der Waals surface area contributed by atoms with E-state index in [9.17, 15) is 4.79 Å². The molecule has 0 unspecified atom stereocenters. The highest BCUT2D eigenvalue weighted by atomic mass is 32.1. The molecule has 1 heterocycles. The van der Waals surface area contributed by atoms with E-state index in [2.05, 4.69) is 20.0 Å². The van der Waals surface area contributed by atoms with Crippen LogP contribution < -0.4 is 10.6 Å². The SMILES string of the molecule is COCC1(NC(=O)Nc2nc(C)ns2)CCCC1. The number of nitrogens with one attached hydrogen (secondary N) is 2. The van der Waals surface area contributed by atoms with E-state index >= 15 is 0 Å². The second kappa shape index (κ2) is 5.62. The van der Waals surface area contributed by atoms with Crippen molar-refractivity contribution in [2.24, 2.45) is 0 Å². The van der Waals surface area contributed by atoms with Gasteiger partial charge in [-0.05, 0) is 19.8 Å². The molecule has 0 aliphatic heterocycles. The zero-order valence-corrected chi connectivity index (χ0v) is 11.5. The minimum Gasteiger partial charge on any atom is -0.382 e. The predicted octanol–water partition coefficient (Wildman–Crippen LogP) is 1.93. The molecule has 1 fully saturated rings. The number of hydrogen-bond donors (Lipinski definition) is 2. The Morgan fingerprint density at radius 3 is 2.78 bits per heavy atom. The molecule has 0 radical (unpaired) electrons.